The third kappa shape index (κ3) is 4.88. The number of hydrogen-bond donors (Lipinski definition) is 2. The van der Waals surface area contributed by atoms with Gasteiger partial charge in [-0.3, -0.25) is 9.59 Å². The second kappa shape index (κ2) is 9.17. The fourth-order valence-electron chi connectivity index (χ4n) is 3.88. The van der Waals surface area contributed by atoms with Gasteiger partial charge < -0.3 is 19.4 Å². The number of benzene rings is 3. The van der Waals surface area contributed by atoms with Crippen molar-refractivity contribution in [2.45, 2.75) is 39.0 Å². The lowest BCUT2D eigenvalue weighted by Gasteiger charge is -2.18. The summed E-state index contributed by atoms with van der Waals surface area (Å²) in [6.45, 7) is 6.71. The predicted octanol–water partition coefficient (Wildman–Crippen LogP) is 5.89. The number of rotatable bonds is 8. The molecular formula is C27H27NO6. The molecule has 0 atom stereocenters. The highest BCUT2D eigenvalue weighted by Gasteiger charge is 2.25. The molecule has 34 heavy (non-hydrogen) atoms. The third-order valence-corrected chi connectivity index (χ3v) is 5.84. The lowest BCUT2D eigenvalue weighted by atomic mass is 9.87. The number of carbonyl (C=O) groups is 2. The number of aliphatic carboxylic acids is 2. The molecule has 0 unspecified atom stereocenters. The summed E-state index contributed by atoms with van der Waals surface area (Å²) in [4.78, 5) is 26.7. The Kier molecular flexibility index (Phi) is 6.28. The average Bonchev–Trinajstić information content (AvgIpc) is 3.20. The van der Waals surface area contributed by atoms with Crippen molar-refractivity contribution in [1.29, 1.82) is 0 Å². The van der Waals surface area contributed by atoms with E-state index in [2.05, 4.69) is 32.9 Å². The largest absolute Gasteiger partial charge is 0.494 e. The van der Waals surface area contributed by atoms with Crippen LogP contribution in [-0.4, -0.2) is 33.7 Å². The third-order valence-electron chi connectivity index (χ3n) is 5.84. The van der Waals surface area contributed by atoms with Crippen LogP contribution >= 0.6 is 0 Å². The Balaban J connectivity index is 1.53. The Hall–Kier alpha value is -3.87. The monoisotopic (exact) mass is 461 g/mol. The minimum absolute atomic E-state index is 0.0110. The Morgan fingerprint density at radius 1 is 1.03 bits per heavy atom. The molecule has 1 heterocycles. The number of oxazole rings is 1. The Bertz CT molecular complexity index is 1350. The summed E-state index contributed by atoms with van der Waals surface area (Å²) in [6.07, 6.45) is 0.331. The minimum atomic E-state index is -1.42. The van der Waals surface area contributed by atoms with Gasteiger partial charge in [-0.05, 0) is 71.0 Å². The molecule has 0 bridgehead atoms. The average molecular weight is 462 g/mol. The smallest absolute Gasteiger partial charge is 0.317 e. The molecule has 7 nitrogen and oxygen atoms in total. The Morgan fingerprint density at radius 2 is 1.79 bits per heavy atom. The maximum Gasteiger partial charge on any atom is 0.317 e. The van der Waals surface area contributed by atoms with Gasteiger partial charge in [0.2, 0.25) is 5.89 Å². The number of fused-ring (bicyclic) bond motifs is 2. The van der Waals surface area contributed by atoms with E-state index in [4.69, 9.17) is 24.4 Å². The van der Waals surface area contributed by atoms with Gasteiger partial charge in [0, 0.05) is 5.56 Å². The highest BCUT2D eigenvalue weighted by molar-refractivity contribution is 5.96. The van der Waals surface area contributed by atoms with Gasteiger partial charge in [0.1, 0.15) is 11.3 Å². The van der Waals surface area contributed by atoms with Crippen molar-refractivity contribution in [1.82, 2.24) is 4.98 Å². The molecule has 0 saturated carbocycles. The maximum atomic E-state index is 11.0. The summed E-state index contributed by atoms with van der Waals surface area (Å²) in [5.74, 6) is -2.91. The summed E-state index contributed by atoms with van der Waals surface area (Å²) >= 11 is 0. The molecule has 2 N–H and O–H groups in total. The van der Waals surface area contributed by atoms with Gasteiger partial charge >= 0.3 is 11.9 Å². The summed E-state index contributed by atoms with van der Waals surface area (Å²) in [5, 5.41) is 19.8. The van der Waals surface area contributed by atoms with E-state index in [0.29, 0.717) is 18.1 Å². The number of carboxylic acid groups (broad SMARTS) is 2. The van der Waals surface area contributed by atoms with E-state index >= 15 is 0 Å². The lowest BCUT2D eigenvalue weighted by molar-refractivity contribution is -0.154. The van der Waals surface area contributed by atoms with E-state index in [1.54, 1.807) is 0 Å². The molecule has 0 saturated heterocycles. The Morgan fingerprint density at radius 3 is 2.50 bits per heavy atom. The van der Waals surface area contributed by atoms with E-state index in [1.165, 1.54) is 5.56 Å². The summed E-state index contributed by atoms with van der Waals surface area (Å²) in [7, 11) is 0. The van der Waals surface area contributed by atoms with Gasteiger partial charge in [0.05, 0.1) is 6.61 Å². The highest BCUT2D eigenvalue weighted by atomic mass is 16.5. The first kappa shape index (κ1) is 23.3. The zero-order valence-electron chi connectivity index (χ0n) is 19.4. The standard InChI is InChI=1S/C27H27NO6/c1-27(2,3)17-9-12-23-22(15-17)28-24(34-23)20-7-4-6-16-14-18(10-11-19(16)20)33-13-5-8-21(25(29)30)26(31)32/h4,6-7,9-12,14-15,21H,5,8,13H2,1-3H3,(H,29,30)(H,31,32). The molecule has 0 spiro atoms. The van der Waals surface area contributed by atoms with Crippen LogP contribution in [0.25, 0.3) is 33.3 Å². The van der Waals surface area contributed by atoms with E-state index in [-0.39, 0.29) is 18.4 Å². The number of hydrogen-bond acceptors (Lipinski definition) is 5. The van der Waals surface area contributed by atoms with Crippen molar-refractivity contribution in [3.63, 3.8) is 0 Å². The van der Waals surface area contributed by atoms with Gasteiger partial charge in [-0.25, -0.2) is 4.98 Å². The molecule has 0 aliphatic carbocycles. The van der Waals surface area contributed by atoms with Crippen LogP contribution in [0.1, 0.15) is 39.2 Å². The second-order valence-electron chi connectivity index (χ2n) is 9.36. The van der Waals surface area contributed by atoms with E-state index in [0.717, 1.165) is 27.4 Å². The number of nitrogens with zero attached hydrogens (tertiary/aromatic N) is 1. The summed E-state index contributed by atoms with van der Waals surface area (Å²) in [6, 6.07) is 17.6. The Labute approximate surface area is 197 Å². The molecule has 0 amide bonds. The van der Waals surface area contributed by atoms with Gasteiger partial charge in [-0.15, -0.1) is 0 Å². The van der Waals surface area contributed by atoms with Crippen LogP contribution in [0.15, 0.2) is 59.0 Å². The van der Waals surface area contributed by atoms with Crippen molar-refractivity contribution in [3.05, 3.63) is 60.2 Å². The van der Waals surface area contributed by atoms with Crippen LogP contribution in [0.3, 0.4) is 0 Å². The van der Waals surface area contributed by atoms with Crippen molar-refractivity contribution in [2.24, 2.45) is 5.92 Å². The number of aromatic nitrogens is 1. The molecule has 0 aliphatic rings. The quantitative estimate of drug-likeness (QED) is 0.249. The number of ether oxygens (including phenoxy) is 1. The number of carboxylic acids is 2. The molecule has 1 aromatic heterocycles. The predicted molar refractivity (Wildman–Crippen MR) is 129 cm³/mol. The zero-order valence-corrected chi connectivity index (χ0v) is 19.4. The molecule has 7 heteroatoms. The first-order chi connectivity index (χ1) is 16.1. The van der Waals surface area contributed by atoms with Crippen LogP contribution < -0.4 is 4.74 Å². The van der Waals surface area contributed by atoms with Crippen LogP contribution in [0.5, 0.6) is 5.75 Å². The van der Waals surface area contributed by atoms with Crippen LogP contribution in [0.2, 0.25) is 0 Å². The molecule has 3 aromatic carbocycles. The lowest BCUT2D eigenvalue weighted by Crippen LogP contribution is -2.23. The topological polar surface area (TPSA) is 110 Å². The van der Waals surface area contributed by atoms with Crippen molar-refractivity contribution in [2.75, 3.05) is 6.61 Å². The fourth-order valence-corrected chi connectivity index (χ4v) is 3.88. The van der Waals surface area contributed by atoms with Gasteiger partial charge in [-0.2, -0.15) is 0 Å². The molecule has 176 valence electrons. The van der Waals surface area contributed by atoms with Crippen LogP contribution in [-0.2, 0) is 15.0 Å². The molecule has 0 aliphatic heterocycles. The first-order valence-electron chi connectivity index (χ1n) is 11.2. The molecular weight excluding hydrogens is 434 g/mol. The molecule has 4 rings (SSSR count). The van der Waals surface area contributed by atoms with Crippen molar-refractivity contribution >= 4 is 33.8 Å². The fraction of sp³-hybridized carbons (Fsp3) is 0.296. The van der Waals surface area contributed by atoms with Crippen molar-refractivity contribution < 1.29 is 29.0 Å². The van der Waals surface area contributed by atoms with E-state index < -0.39 is 17.9 Å². The van der Waals surface area contributed by atoms with Gasteiger partial charge in [0.15, 0.2) is 11.5 Å². The zero-order chi connectivity index (χ0) is 24.5. The molecule has 0 radical (unpaired) electrons. The minimum Gasteiger partial charge on any atom is -0.494 e. The summed E-state index contributed by atoms with van der Waals surface area (Å²) < 4.78 is 11.8. The first-order valence-corrected chi connectivity index (χ1v) is 11.2. The van der Waals surface area contributed by atoms with Gasteiger partial charge in [-0.1, -0.05) is 39.0 Å². The van der Waals surface area contributed by atoms with Crippen LogP contribution in [0, 0.1) is 5.92 Å². The maximum absolute atomic E-state index is 11.0. The highest BCUT2D eigenvalue weighted by Crippen LogP contribution is 2.34. The normalized spacial score (nSPS) is 11.9. The SMILES string of the molecule is CC(C)(C)c1ccc2oc(-c3cccc4cc(OCCCC(C(=O)O)C(=O)O)ccc34)nc2c1. The van der Waals surface area contributed by atoms with Gasteiger partial charge in [0.25, 0.3) is 0 Å². The van der Waals surface area contributed by atoms with E-state index in [9.17, 15) is 9.59 Å². The van der Waals surface area contributed by atoms with E-state index in [1.807, 2.05) is 42.5 Å². The summed E-state index contributed by atoms with van der Waals surface area (Å²) in [5.41, 5.74) is 3.65. The van der Waals surface area contributed by atoms with Crippen molar-refractivity contribution in [3.8, 4) is 17.2 Å². The molecule has 0 fully saturated rings. The second-order valence-corrected chi connectivity index (χ2v) is 9.36. The van der Waals surface area contributed by atoms with Crippen LogP contribution in [0.4, 0.5) is 0 Å². The molecule has 4 aromatic rings.